The Morgan fingerprint density at radius 2 is 2.15 bits per heavy atom. The van der Waals surface area contributed by atoms with Crippen molar-refractivity contribution in [3.63, 3.8) is 0 Å². The number of likely N-dealkylation sites (N-methyl/N-ethyl adjacent to an activating group) is 1. The SMILES string of the molecule is CCNC(CCc1ccco1)Cc1cc(F)ccc1C. The standard InChI is InChI=1S/C17H22FNO/c1-3-19-16(8-9-17-5-4-10-20-17)12-14-11-15(18)7-6-13(14)2/h4-7,10-11,16,19H,3,8-9,12H2,1-2H3. The maximum absolute atomic E-state index is 13.4. The van der Waals surface area contributed by atoms with E-state index in [1.807, 2.05) is 25.1 Å². The molecule has 1 atom stereocenters. The normalized spacial score (nSPS) is 12.6. The van der Waals surface area contributed by atoms with Crippen LogP contribution in [0.2, 0.25) is 0 Å². The van der Waals surface area contributed by atoms with Crippen LogP contribution in [0.5, 0.6) is 0 Å². The number of nitrogens with one attached hydrogen (secondary N) is 1. The van der Waals surface area contributed by atoms with Gasteiger partial charge in [-0.15, -0.1) is 0 Å². The number of rotatable bonds is 7. The fourth-order valence-electron chi connectivity index (χ4n) is 2.46. The highest BCUT2D eigenvalue weighted by Gasteiger charge is 2.11. The molecule has 1 aromatic carbocycles. The van der Waals surface area contributed by atoms with Crippen LogP contribution < -0.4 is 5.32 Å². The van der Waals surface area contributed by atoms with E-state index >= 15 is 0 Å². The fourth-order valence-corrected chi connectivity index (χ4v) is 2.46. The van der Waals surface area contributed by atoms with Crippen LogP contribution in [-0.2, 0) is 12.8 Å². The molecule has 3 heteroatoms. The molecule has 2 nitrogen and oxygen atoms in total. The molecule has 1 unspecified atom stereocenters. The van der Waals surface area contributed by atoms with Gasteiger partial charge in [-0.3, -0.25) is 0 Å². The molecule has 1 N–H and O–H groups in total. The molecule has 0 aliphatic rings. The average molecular weight is 275 g/mol. The molecule has 2 aromatic rings. The minimum atomic E-state index is -0.160. The summed E-state index contributed by atoms with van der Waals surface area (Å²) >= 11 is 0. The predicted octanol–water partition coefficient (Wildman–Crippen LogP) is 3.88. The summed E-state index contributed by atoms with van der Waals surface area (Å²) in [5.74, 6) is 0.843. The van der Waals surface area contributed by atoms with Crippen molar-refractivity contribution in [2.75, 3.05) is 6.54 Å². The lowest BCUT2D eigenvalue weighted by Crippen LogP contribution is -2.31. The van der Waals surface area contributed by atoms with Gasteiger partial charge in [-0.1, -0.05) is 13.0 Å². The van der Waals surface area contributed by atoms with Crippen LogP contribution in [0.1, 0.15) is 30.2 Å². The second-order valence-electron chi connectivity index (χ2n) is 5.15. The summed E-state index contributed by atoms with van der Waals surface area (Å²) in [4.78, 5) is 0. The van der Waals surface area contributed by atoms with Crippen molar-refractivity contribution in [3.05, 3.63) is 59.3 Å². The van der Waals surface area contributed by atoms with Crippen molar-refractivity contribution in [1.29, 1.82) is 0 Å². The lowest BCUT2D eigenvalue weighted by Gasteiger charge is -2.18. The third-order valence-electron chi connectivity index (χ3n) is 3.59. The van der Waals surface area contributed by atoms with Crippen molar-refractivity contribution in [3.8, 4) is 0 Å². The summed E-state index contributed by atoms with van der Waals surface area (Å²) in [6, 6.07) is 9.26. The Labute approximate surface area is 120 Å². The lowest BCUT2D eigenvalue weighted by atomic mass is 9.97. The lowest BCUT2D eigenvalue weighted by molar-refractivity contribution is 0.447. The zero-order valence-electron chi connectivity index (χ0n) is 12.2. The highest BCUT2D eigenvalue weighted by molar-refractivity contribution is 5.27. The Bertz CT molecular complexity index is 522. The first-order valence-corrected chi connectivity index (χ1v) is 7.20. The number of hydrogen-bond acceptors (Lipinski definition) is 2. The molecule has 1 heterocycles. The topological polar surface area (TPSA) is 25.2 Å². The van der Waals surface area contributed by atoms with Gasteiger partial charge in [0.1, 0.15) is 11.6 Å². The number of furan rings is 1. The molecule has 0 saturated heterocycles. The summed E-state index contributed by atoms with van der Waals surface area (Å²) in [7, 11) is 0. The van der Waals surface area contributed by atoms with E-state index < -0.39 is 0 Å². The summed E-state index contributed by atoms with van der Waals surface area (Å²) in [5, 5.41) is 3.48. The molecule has 0 bridgehead atoms. The molecule has 0 aliphatic carbocycles. The van der Waals surface area contributed by atoms with Gasteiger partial charge in [-0.2, -0.15) is 0 Å². The maximum Gasteiger partial charge on any atom is 0.123 e. The predicted molar refractivity (Wildman–Crippen MR) is 79.3 cm³/mol. The highest BCUT2D eigenvalue weighted by atomic mass is 19.1. The molecule has 0 amide bonds. The highest BCUT2D eigenvalue weighted by Crippen LogP contribution is 2.15. The van der Waals surface area contributed by atoms with Gasteiger partial charge in [0.25, 0.3) is 0 Å². The van der Waals surface area contributed by atoms with Gasteiger partial charge in [-0.05, 0) is 61.7 Å². The van der Waals surface area contributed by atoms with Crippen LogP contribution in [-0.4, -0.2) is 12.6 Å². The van der Waals surface area contributed by atoms with Gasteiger partial charge >= 0.3 is 0 Å². The van der Waals surface area contributed by atoms with Crippen molar-refractivity contribution >= 4 is 0 Å². The molecule has 20 heavy (non-hydrogen) atoms. The van der Waals surface area contributed by atoms with Gasteiger partial charge < -0.3 is 9.73 Å². The molecule has 108 valence electrons. The molecule has 1 aromatic heterocycles. The van der Waals surface area contributed by atoms with Gasteiger partial charge in [0, 0.05) is 12.5 Å². The molecule has 2 rings (SSSR count). The summed E-state index contributed by atoms with van der Waals surface area (Å²) in [5.41, 5.74) is 2.22. The van der Waals surface area contributed by atoms with Gasteiger partial charge in [0.15, 0.2) is 0 Å². The van der Waals surface area contributed by atoms with Crippen LogP contribution in [0.4, 0.5) is 4.39 Å². The number of benzene rings is 1. The van der Waals surface area contributed by atoms with Crippen LogP contribution in [0, 0.1) is 12.7 Å². The summed E-state index contributed by atoms with van der Waals surface area (Å²) in [6.07, 6.45) is 4.43. The summed E-state index contributed by atoms with van der Waals surface area (Å²) < 4.78 is 18.7. The Hall–Kier alpha value is -1.61. The molecule has 0 saturated carbocycles. The van der Waals surface area contributed by atoms with E-state index in [0.29, 0.717) is 6.04 Å². The number of halogens is 1. The third kappa shape index (κ3) is 4.20. The van der Waals surface area contributed by atoms with Crippen molar-refractivity contribution in [2.24, 2.45) is 0 Å². The first-order valence-electron chi connectivity index (χ1n) is 7.20. The van der Waals surface area contributed by atoms with Crippen LogP contribution in [0.25, 0.3) is 0 Å². The molecular formula is C17H22FNO. The Balaban J connectivity index is 1.99. The number of hydrogen-bond donors (Lipinski definition) is 1. The van der Waals surface area contributed by atoms with E-state index in [1.54, 1.807) is 12.3 Å². The van der Waals surface area contributed by atoms with Crippen LogP contribution >= 0.6 is 0 Å². The molecule has 0 fully saturated rings. The Morgan fingerprint density at radius 1 is 1.30 bits per heavy atom. The van der Waals surface area contributed by atoms with Crippen LogP contribution in [0.15, 0.2) is 41.0 Å². The molecular weight excluding hydrogens is 253 g/mol. The van der Waals surface area contributed by atoms with E-state index in [4.69, 9.17) is 4.42 Å². The van der Waals surface area contributed by atoms with Gasteiger partial charge in [0.05, 0.1) is 6.26 Å². The number of aryl methyl sites for hydroxylation is 2. The molecule has 0 spiro atoms. The van der Waals surface area contributed by atoms with Crippen LogP contribution in [0.3, 0.4) is 0 Å². The monoisotopic (exact) mass is 275 g/mol. The van der Waals surface area contributed by atoms with E-state index in [9.17, 15) is 4.39 Å². The molecule has 0 aliphatic heterocycles. The Morgan fingerprint density at radius 3 is 2.85 bits per heavy atom. The molecule has 0 radical (unpaired) electrons. The van der Waals surface area contributed by atoms with E-state index in [-0.39, 0.29) is 5.82 Å². The quantitative estimate of drug-likeness (QED) is 0.829. The third-order valence-corrected chi connectivity index (χ3v) is 3.59. The zero-order valence-corrected chi connectivity index (χ0v) is 12.2. The van der Waals surface area contributed by atoms with Crippen molar-refractivity contribution < 1.29 is 8.81 Å². The Kier molecular flexibility index (Phi) is 5.36. The average Bonchev–Trinajstić information content (AvgIpc) is 2.93. The van der Waals surface area contributed by atoms with E-state index in [1.165, 1.54) is 6.07 Å². The first kappa shape index (κ1) is 14.8. The zero-order chi connectivity index (χ0) is 14.4. The van der Waals surface area contributed by atoms with Gasteiger partial charge in [0.2, 0.25) is 0 Å². The van der Waals surface area contributed by atoms with Crippen molar-refractivity contribution in [2.45, 2.75) is 39.2 Å². The second-order valence-corrected chi connectivity index (χ2v) is 5.15. The van der Waals surface area contributed by atoms with Crippen molar-refractivity contribution in [1.82, 2.24) is 5.32 Å². The smallest absolute Gasteiger partial charge is 0.123 e. The second kappa shape index (κ2) is 7.25. The summed E-state index contributed by atoms with van der Waals surface area (Å²) in [6.45, 7) is 5.04. The van der Waals surface area contributed by atoms with E-state index in [0.717, 1.165) is 42.7 Å². The minimum Gasteiger partial charge on any atom is -0.469 e. The first-order chi connectivity index (χ1) is 9.69. The minimum absolute atomic E-state index is 0.160. The van der Waals surface area contributed by atoms with Gasteiger partial charge in [-0.25, -0.2) is 4.39 Å². The van der Waals surface area contributed by atoms with E-state index in [2.05, 4.69) is 12.2 Å². The largest absolute Gasteiger partial charge is 0.469 e. The maximum atomic E-state index is 13.4. The fraction of sp³-hybridized carbons (Fsp3) is 0.412.